The van der Waals surface area contributed by atoms with Crippen LogP contribution in [-0.4, -0.2) is 50.6 Å². The van der Waals surface area contributed by atoms with Gasteiger partial charge in [-0.2, -0.15) is 8.61 Å². The van der Waals surface area contributed by atoms with Gasteiger partial charge in [0.1, 0.15) is 0 Å². The first-order valence-electron chi connectivity index (χ1n) is 11.3. The Morgan fingerprint density at radius 1 is 0.656 bits per heavy atom. The molecule has 6 nitrogen and oxygen atoms in total. The second-order valence-electron chi connectivity index (χ2n) is 8.64. The van der Waals surface area contributed by atoms with Crippen LogP contribution in [0.3, 0.4) is 0 Å². The Labute approximate surface area is 193 Å². The van der Waals surface area contributed by atoms with Gasteiger partial charge in [0.05, 0.1) is 9.79 Å². The molecule has 2 atom stereocenters. The molecule has 0 N–H and O–H groups in total. The lowest BCUT2D eigenvalue weighted by molar-refractivity contribution is 0.163. The second-order valence-corrected chi connectivity index (χ2v) is 12.4. The monoisotopic (exact) mass is 478 g/mol. The minimum Gasteiger partial charge on any atom is -0.207 e. The summed E-state index contributed by atoms with van der Waals surface area (Å²) in [6.07, 6.45) is 3.81. The van der Waals surface area contributed by atoms with Crippen LogP contribution < -0.4 is 0 Å². The van der Waals surface area contributed by atoms with Gasteiger partial charge in [-0.25, -0.2) is 16.8 Å². The van der Waals surface area contributed by atoms with Crippen LogP contribution in [0.15, 0.2) is 58.3 Å². The summed E-state index contributed by atoms with van der Waals surface area (Å²) >= 11 is 0. The number of sulfonamides is 2. The van der Waals surface area contributed by atoms with E-state index in [4.69, 9.17) is 0 Å². The molecule has 32 heavy (non-hydrogen) atoms. The lowest BCUT2D eigenvalue weighted by atomic mass is 10.1. The second kappa shape index (κ2) is 10.0. The van der Waals surface area contributed by atoms with Crippen molar-refractivity contribution < 1.29 is 16.8 Å². The van der Waals surface area contributed by atoms with Crippen LogP contribution in [0, 0.1) is 0 Å². The third-order valence-electron chi connectivity index (χ3n) is 6.01. The molecule has 176 valence electrons. The maximum absolute atomic E-state index is 13.3. The van der Waals surface area contributed by atoms with Gasteiger partial charge in [-0.1, -0.05) is 51.0 Å². The van der Waals surface area contributed by atoms with Gasteiger partial charge < -0.3 is 0 Å². The molecule has 0 amide bonds. The lowest BCUT2D eigenvalue weighted by Gasteiger charge is -2.42. The third kappa shape index (κ3) is 5.09. The van der Waals surface area contributed by atoms with E-state index in [1.54, 1.807) is 38.1 Å². The maximum atomic E-state index is 13.3. The van der Waals surface area contributed by atoms with Crippen molar-refractivity contribution in [3.63, 3.8) is 0 Å². The summed E-state index contributed by atoms with van der Waals surface area (Å²) in [6, 6.07) is 13.1. The van der Waals surface area contributed by atoms with Gasteiger partial charge in [0.25, 0.3) is 0 Å². The summed E-state index contributed by atoms with van der Waals surface area (Å²) in [5, 5.41) is 0. The zero-order valence-electron chi connectivity index (χ0n) is 19.4. The normalized spacial score (nSPS) is 21.0. The molecule has 0 bridgehead atoms. The van der Waals surface area contributed by atoms with Gasteiger partial charge in [-0.3, -0.25) is 0 Å². The lowest BCUT2D eigenvalue weighted by Crippen LogP contribution is -2.59. The van der Waals surface area contributed by atoms with E-state index in [-0.39, 0.29) is 22.9 Å². The van der Waals surface area contributed by atoms with E-state index in [0.717, 1.165) is 36.8 Å². The molecular formula is C24H34N2O4S2. The van der Waals surface area contributed by atoms with Crippen LogP contribution in [0.5, 0.6) is 0 Å². The molecule has 0 spiro atoms. The number of hydrogen-bond acceptors (Lipinski definition) is 4. The largest absolute Gasteiger partial charge is 0.243 e. The Morgan fingerprint density at radius 2 is 0.969 bits per heavy atom. The minimum atomic E-state index is -3.71. The summed E-state index contributed by atoms with van der Waals surface area (Å²) in [7, 11) is -7.42. The molecule has 1 heterocycles. The molecule has 1 aliphatic rings. The SMILES string of the molecule is CCCc1ccc(S(=O)(=O)N2C[C@@H](C)N(S(=O)(=O)c3ccc(CCC)cc3)C[C@H]2C)cc1. The predicted molar refractivity (Wildman–Crippen MR) is 128 cm³/mol. The molecular weight excluding hydrogens is 444 g/mol. The van der Waals surface area contributed by atoms with Gasteiger partial charge in [0, 0.05) is 25.2 Å². The van der Waals surface area contributed by atoms with Crippen molar-refractivity contribution in [2.24, 2.45) is 0 Å². The fourth-order valence-corrected chi connectivity index (χ4v) is 7.64. The van der Waals surface area contributed by atoms with Crippen molar-refractivity contribution in [3.05, 3.63) is 59.7 Å². The van der Waals surface area contributed by atoms with E-state index in [1.165, 1.54) is 8.61 Å². The Balaban J connectivity index is 1.81. The quantitative estimate of drug-likeness (QED) is 0.573. The molecule has 2 aromatic carbocycles. The number of nitrogens with zero attached hydrogens (tertiary/aromatic N) is 2. The molecule has 0 saturated carbocycles. The highest BCUT2D eigenvalue weighted by Gasteiger charge is 2.41. The van der Waals surface area contributed by atoms with E-state index < -0.39 is 32.1 Å². The van der Waals surface area contributed by atoms with Gasteiger partial charge in [-0.15, -0.1) is 0 Å². The van der Waals surface area contributed by atoms with E-state index in [0.29, 0.717) is 0 Å². The standard InChI is InChI=1S/C24H34N2O4S2/c1-5-7-21-9-13-23(14-10-21)31(27,28)25-17-20(4)26(18-19(25)3)32(29,30)24-15-11-22(8-6-2)12-16-24/h9-16,19-20H,5-8,17-18H2,1-4H3/t19-,20-/m1/s1. The number of benzene rings is 2. The van der Waals surface area contributed by atoms with Crippen molar-refractivity contribution in [1.29, 1.82) is 0 Å². The van der Waals surface area contributed by atoms with Crippen LogP contribution in [0.1, 0.15) is 51.7 Å². The van der Waals surface area contributed by atoms with Gasteiger partial charge in [0.15, 0.2) is 0 Å². The zero-order chi connectivity index (χ0) is 23.5. The Bertz CT molecular complexity index is 1020. The summed E-state index contributed by atoms with van der Waals surface area (Å²) in [4.78, 5) is 0.499. The smallest absolute Gasteiger partial charge is 0.207 e. The predicted octanol–water partition coefficient (Wildman–Crippen LogP) is 4.06. The first-order valence-corrected chi connectivity index (χ1v) is 14.2. The Kier molecular flexibility index (Phi) is 7.81. The van der Waals surface area contributed by atoms with Crippen molar-refractivity contribution in [3.8, 4) is 0 Å². The molecule has 0 radical (unpaired) electrons. The van der Waals surface area contributed by atoms with E-state index >= 15 is 0 Å². The van der Waals surface area contributed by atoms with Crippen LogP contribution in [0.4, 0.5) is 0 Å². The summed E-state index contributed by atoms with van der Waals surface area (Å²) in [5.41, 5.74) is 2.21. The number of aryl methyl sites for hydroxylation is 2. The van der Waals surface area contributed by atoms with Crippen molar-refractivity contribution >= 4 is 20.0 Å². The minimum absolute atomic E-state index is 0.118. The molecule has 0 unspecified atom stereocenters. The van der Waals surface area contributed by atoms with E-state index in [1.807, 2.05) is 24.3 Å². The first-order chi connectivity index (χ1) is 15.1. The van der Waals surface area contributed by atoms with Crippen LogP contribution >= 0.6 is 0 Å². The van der Waals surface area contributed by atoms with Crippen molar-refractivity contribution in [2.45, 2.75) is 75.3 Å². The molecule has 1 saturated heterocycles. The molecule has 8 heteroatoms. The van der Waals surface area contributed by atoms with Crippen molar-refractivity contribution in [2.75, 3.05) is 13.1 Å². The summed E-state index contributed by atoms with van der Waals surface area (Å²) in [6.45, 7) is 7.94. The average molecular weight is 479 g/mol. The Morgan fingerprint density at radius 3 is 1.25 bits per heavy atom. The molecule has 0 aliphatic carbocycles. The van der Waals surface area contributed by atoms with Gasteiger partial charge in [0.2, 0.25) is 20.0 Å². The topological polar surface area (TPSA) is 74.8 Å². The summed E-state index contributed by atoms with van der Waals surface area (Å²) in [5.74, 6) is 0. The molecule has 1 aliphatic heterocycles. The van der Waals surface area contributed by atoms with Crippen molar-refractivity contribution in [1.82, 2.24) is 8.61 Å². The zero-order valence-corrected chi connectivity index (χ0v) is 21.0. The average Bonchev–Trinajstić information content (AvgIpc) is 2.76. The number of hydrogen-bond donors (Lipinski definition) is 0. The highest BCUT2D eigenvalue weighted by molar-refractivity contribution is 7.89. The van der Waals surface area contributed by atoms with E-state index in [2.05, 4.69) is 13.8 Å². The fraction of sp³-hybridized carbons (Fsp3) is 0.500. The molecule has 1 fully saturated rings. The first kappa shape index (κ1) is 24.9. The summed E-state index contributed by atoms with van der Waals surface area (Å²) < 4.78 is 56.0. The van der Waals surface area contributed by atoms with Gasteiger partial charge in [-0.05, 0) is 62.1 Å². The van der Waals surface area contributed by atoms with Gasteiger partial charge >= 0.3 is 0 Å². The number of rotatable bonds is 8. The Hall–Kier alpha value is -1.74. The van der Waals surface area contributed by atoms with Crippen LogP contribution in [-0.2, 0) is 32.9 Å². The third-order valence-corrected chi connectivity index (χ3v) is 10.00. The highest BCUT2D eigenvalue weighted by Crippen LogP contribution is 2.28. The number of piperazine rings is 1. The highest BCUT2D eigenvalue weighted by atomic mass is 32.2. The molecule has 3 rings (SSSR count). The van der Waals surface area contributed by atoms with Crippen LogP contribution in [0.2, 0.25) is 0 Å². The molecule has 0 aromatic heterocycles. The molecule has 2 aromatic rings. The maximum Gasteiger partial charge on any atom is 0.243 e. The fourth-order valence-electron chi connectivity index (χ4n) is 4.24. The van der Waals surface area contributed by atoms with Crippen LogP contribution in [0.25, 0.3) is 0 Å². The van der Waals surface area contributed by atoms with E-state index in [9.17, 15) is 16.8 Å².